The molecule has 2 aliphatic rings. The molecule has 1 N–H and O–H groups in total. The molecule has 1 aromatic carbocycles. The highest BCUT2D eigenvalue weighted by Crippen LogP contribution is 2.20. The Balaban J connectivity index is 1.55. The fourth-order valence-electron chi connectivity index (χ4n) is 3.50. The predicted octanol–water partition coefficient (Wildman–Crippen LogP) is 2.47. The van der Waals surface area contributed by atoms with Gasteiger partial charge in [0.2, 0.25) is 5.91 Å². The number of rotatable bonds is 4. The summed E-state index contributed by atoms with van der Waals surface area (Å²) in [5.74, 6) is -0.910. The molecule has 0 aromatic heterocycles. The van der Waals surface area contributed by atoms with Gasteiger partial charge in [0.05, 0.1) is 0 Å². The smallest absolute Gasteiger partial charge is 0.223 e. The lowest BCUT2D eigenvalue weighted by molar-refractivity contribution is -0.129. The Hall–Kier alpha value is -1.53. The first-order valence-corrected chi connectivity index (χ1v) is 8.67. The number of ether oxygens (including phenoxy) is 1. The number of amides is 1. The minimum atomic E-state index is -0.511. The van der Waals surface area contributed by atoms with Crippen molar-refractivity contribution < 1.29 is 18.3 Å². The summed E-state index contributed by atoms with van der Waals surface area (Å²) in [4.78, 5) is 14.3. The Labute approximate surface area is 141 Å². The van der Waals surface area contributed by atoms with E-state index in [0.29, 0.717) is 19.8 Å². The van der Waals surface area contributed by atoms with Crippen LogP contribution in [0.2, 0.25) is 0 Å². The van der Waals surface area contributed by atoms with E-state index in [4.69, 9.17) is 4.74 Å². The fourth-order valence-corrected chi connectivity index (χ4v) is 3.50. The van der Waals surface area contributed by atoms with Crippen molar-refractivity contribution in [2.75, 3.05) is 26.3 Å². The van der Waals surface area contributed by atoms with Gasteiger partial charge < -0.3 is 10.1 Å². The van der Waals surface area contributed by atoms with Crippen molar-refractivity contribution in [3.63, 3.8) is 0 Å². The Kier molecular flexibility index (Phi) is 5.79. The summed E-state index contributed by atoms with van der Waals surface area (Å²) in [5, 5.41) is 3.11. The molecule has 2 fully saturated rings. The zero-order chi connectivity index (χ0) is 16.9. The maximum absolute atomic E-state index is 13.8. The first-order chi connectivity index (χ1) is 11.6. The van der Waals surface area contributed by atoms with Crippen LogP contribution in [-0.2, 0) is 16.1 Å². The number of piperidine rings is 1. The summed E-state index contributed by atoms with van der Waals surface area (Å²) in [6.07, 6.45) is 3.35. The topological polar surface area (TPSA) is 41.6 Å². The van der Waals surface area contributed by atoms with Crippen LogP contribution in [0, 0.1) is 17.6 Å². The standard InChI is InChI=1S/C18H24F2N2O2/c19-16-4-1-5-17(20)15(16)12-22-8-2-3-14(11-22)21-18(23)13-6-9-24-10-7-13/h1,4-5,13-14H,2-3,6-12H2,(H,21,23). The van der Waals surface area contributed by atoms with Gasteiger partial charge in [0, 0.05) is 43.8 Å². The molecule has 1 atom stereocenters. The van der Waals surface area contributed by atoms with Gasteiger partial charge in [0.25, 0.3) is 0 Å². The summed E-state index contributed by atoms with van der Waals surface area (Å²) in [7, 11) is 0. The Bertz CT molecular complexity index is 556. The normalized spacial score (nSPS) is 23.2. The third-order valence-electron chi connectivity index (χ3n) is 4.89. The van der Waals surface area contributed by atoms with E-state index in [1.54, 1.807) is 0 Å². The largest absolute Gasteiger partial charge is 0.381 e. The van der Waals surface area contributed by atoms with Gasteiger partial charge >= 0.3 is 0 Å². The molecule has 3 rings (SSSR count). The quantitative estimate of drug-likeness (QED) is 0.917. The number of hydrogen-bond acceptors (Lipinski definition) is 3. The number of halogens is 2. The van der Waals surface area contributed by atoms with E-state index >= 15 is 0 Å². The van der Waals surface area contributed by atoms with E-state index in [1.165, 1.54) is 18.2 Å². The second-order valence-electron chi connectivity index (χ2n) is 6.67. The minimum Gasteiger partial charge on any atom is -0.381 e. The highest BCUT2D eigenvalue weighted by Gasteiger charge is 2.27. The molecule has 24 heavy (non-hydrogen) atoms. The zero-order valence-electron chi connectivity index (χ0n) is 13.8. The minimum absolute atomic E-state index is 0.0261. The van der Waals surface area contributed by atoms with E-state index < -0.39 is 11.6 Å². The van der Waals surface area contributed by atoms with Crippen LogP contribution in [0.25, 0.3) is 0 Å². The maximum Gasteiger partial charge on any atom is 0.223 e. The van der Waals surface area contributed by atoms with E-state index in [9.17, 15) is 13.6 Å². The molecule has 2 aliphatic heterocycles. The molecule has 4 nitrogen and oxygen atoms in total. The van der Waals surface area contributed by atoms with Crippen LogP contribution >= 0.6 is 0 Å². The third-order valence-corrected chi connectivity index (χ3v) is 4.89. The predicted molar refractivity (Wildman–Crippen MR) is 86.3 cm³/mol. The third kappa shape index (κ3) is 4.30. The van der Waals surface area contributed by atoms with Crippen molar-refractivity contribution in [2.45, 2.75) is 38.3 Å². The van der Waals surface area contributed by atoms with Crippen LogP contribution in [0.15, 0.2) is 18.2 Å². The Morgan fingerprint density at radius 2 is 1.92 bits per heavy atom. The molecule has 0 aliphatic carbocycles. The van der Waals surface area contributed by atoms with E-state index in [0.717, 1.165) is 32.2 Å². The molecule has 0 radical (unpaired) electrons. The SMILES string of the molecule is O=C(NC1CCCN(Cc2c(F)cccc2F)C1)C1CCOCC1. The summed E-state index contributed by atoms with van der Waals surface area (Å²) < 4.78 is 32.9. The summed E-state index contributed by atoms with van der Waals surface area (Å²) >= 11 is 0. The summed E-state index contributed by atoms with van der Waals surface area (Å²) in [6.45, 7) is 2.94. The van der Waals surface area contributed by atoms with Gasteiger partial charge in [-0.2, -0.15) is 0 Å². The van der Waals surface area contributed by atoms with Gasteiger partial charge in [-0.05, 0) is 44.4 Å². The van der Waals surface area contributed by atoms with Crippen LogP contribution in [0.5, 0.6) is 0 Å². The van der Waals surface area contributed by atoms with Crippen molar-refractivity contribution in [3.8, 4) is 0 Å². The number of nitrogens with one attached hydrogen (secondary N) is 1. The van der Waals surface area contributed by atoms with Crippen molar-refractivity contribution in [1.82, 2.24) is 10.2 Å². The number of hydrogen-bond donors (Lipinski definition) is 1. The van der Waals surface area contributed by atoms with Gasteiger partial charge in [-0.15, -0.1) is 0 Å². The number of benzene rings is 1. The van der Waals surface area contributed by atoms with Crippen molar-refractivity contribution in [2.24, 2.45) is 5.92 Å². The molecule has 132 valence electrons. The molecule has 2 heterocycles. The lowest BCUT2D eigenvalue weighted by Crippen LogP contribution is -2.49. The highest BCUT2D eigenvalue weighted by atomic mass is 19.1. The molecule has 2 saturated heterocycles. The zero-order valence-corrected chi connectivity index (χ0v) is 13.8. The average molecular weight is 338 g/mol. The van der Waals surface area contributed by atoms with Crippen molar-refractivity contribution in [1.29, 1.82) is 0 Å². The molecule has 1 aromatic rings. The molecule has 6 heteroatoms. The molecule has 0 spiro atoms. The molecule has 1 amide bonds. The highest BCUT2D eigenvalue weighted by molar-refractivity contribution is 5.79. The number of likely N-dealkylation sites (tertiary alicyclic amines) is 1. The second-order valence-corrected chi connectivity index (χ2v) is 6.67. The van der Waals surface area contributed by atoms with E-state index in [1.807, 2.05) is 4.90 Å². The molecular weight excluding hydrogens is 314 g/mol. The van der Waals surface area contributed by atoms with Gasteiger partial charge in [0.1, 0.15) is 11.6 Å². The average Bonchev–Trinajstić information content (AvgIpc) is 2.59. The lowest BCUT2D eigenvalue weighted by atomic mass is 9.97. The summed E-state index contributed by atoms with van der Waals surface area (Å²) in [5.41, 5.74) is 0.105. The van der Waals surface area contributed by atoms with E-state index in [2.05, 4.69) is 5.32 Å². The van der Waals surface area contributed by atoms with Crippen LogP contribution in [0.1, 0.15) is 31.2 Å². The Morgan fingerprint density at radius 1 is 1.21 bits per heavy atom. The first-order valence-electron chi connectivity index (χ1n) is 8.67. The Morgan fingerprint density at radius 3 is 2.62 bits per heavy atom. The molecule has 0 saturated carbocycles. The van der Waals surface area contributed by atoms with Crippen molar-refractivity contribution >= 4 is 5.91 Å². The first kappa shape index (κ1) is 17.3. The molecule has 1 unspecified atom stereocenters. The number of nitrogens with zero attached hydrogens (tertiary/aromatic N) is 1. The second kappa shape index (κ2) is 8.03. The summed E-state index contributed by atoms with van der Waals surface area (Å²) in [6, 6.07) is 3.99. The van der Waals surface area contributed by atoms with Crippen LogP contribution < -0.4 is 5.32 Å². The molecular formula is C18H24F2N2O2. The van der Waals surface area contributed by atoms with Crippen LogP contribution in [-0.4, -0.2) is 43.2 Å². The van der Waals surface area contributed by atoms with Gasteiger partial charge in [-0.1, -0.05) is 6.07 Å². The van der Waals surface area contributed by atoms with Gasteiger partial charge in [-0.25, -0.2) is 8.78 Å². The van der Waals surface area contributed by atoms with E-state index in [-0.39, 0.29) is 30.0 Å². The van der Waals surface area contributed by atoms with Crippen LogP contribution in [0.4, 0.5) is 8.78 Å². The van der Waals surface area contributed by atoms with Crippen molar-refractivity contribution in [3.05, 3.63) is 35.4 Å². The van der Waals surface area contributed by atoms with Gasteiger partial charge in [0.15, 0.2) is 0 Å². The monoisotopic (exact) mass is 338 g/mol. The number of carbonyl (C=O) groups is 1. The van der Waals surface area contributed by atoms with Gasteiger partial charge in [-0.3, -0.25) is 9.69 Å². The molecule has 0 bridgehead atoms. The maximum atomic E-state index is 13.8. The number of carbonyl (C=O) groups excluding carboxylic acids is 1. The lowest BCUT2D eigenvalue weighted by Gasteiger charge is -2.34. The van der Waals surface area contributed by atoms with Crippen LogP contribution in [0.3, 0.4) is 0 Å². The fraction of sp³-hybridized carbons (Fsp3) is 0.611.